The summed E-state index contributed by atoms with van der Waals surface area (Å²) in [6, 6.07) is 16.8. The van der Waals surface area contributed by atoms with Gasteiger partial charge in [-0.1, -0.05) is 54.2 Å². The molecule has 2 aromatic carbocycles. The maximum Gasteiger partial charge on any atom is 0.188 e. The molecule has 19 heavy (non-hydrogen) atoms. The Morgan fingerprint density at radius 2 is 1.84 bits per heavy atom. The van der Waals surface area contributed by atoms with E-state index in [2.05, 4.69) is 52.4 Å². The van der Waals surface area contributed by atoms with Gasteiger partial charge in [-0.3, -0.25) is 0 Å². The molecule has 0 atom stereocenters. The maximum atomic E-state index is 4.42. The van der Waals surface area contributed by atoms with Crippen molar-refractivity contribution in [2.24, 2.45) is 0 Å². The number of benzene rings is 2. The third-order valence-electron chi connectivity index (χ3n) is 3.01. The molecule has 0 bridgehead atoms. The van der Waals surface area contributed by atoms with Crippen LogP contribution in [0.4, 0.5) is 0 Å². The molecule has 0 saturated carbocycles. The molecule has 1 aromatic heterocycles. The van der Waals surface area contributed by atoms with Gasteiger partial charge in [0.2, 0.25) is 0 Å². The predicted octanol–water partition coefficient (Wildman–Crippen LogP) is 4.23. The van der Waals surface area contributed by atoms with Crippen molar-refractivity contribution in [1.29, 1.82) is 0 Å². The van der Waals surface area contributed by atoms with E-state index in [-0.39, 0.29) is 0 Å². The summed E-state index contributed by atoms with van der Waals surface area (Å²) < 4.78 is 0. The van der Waals surface area contributed by atoms with Crippen LogP contribution in [-0.4, -0.2) is 9.97 Å². The Morgan fingerprint density at radius 1 is 1.00 bits per heavy atom. The third-order valence-corrected chi connectivity index (χ3v) is 3.92. The van der Waals surface area contributed by atoms with Gasteiger partial charge >= 0.3 is 0 Å². The van der Waals surface area contributed by atoms with Gasteiger partial charge in [0.05, 0.1) is 0 Å². The van der Waals surface area contributed by atoms with Crippen molar-refractivity contribution in [3.63, 3.8) is 0 Å². The molecule has 94 valence electrons. The van der Waals surface area contributed by atoms with E-state index in [4.69, 9.17) is 0 Å². The largest absolute Gasteiger partial charge is 0.231 e. The first-order chi connectivity index (χ1) is 9.33. The first-order valence-electron chi connectivity index (χ1n) is 6.22. The van der Waals surface area contributed by atoms with E-state index in [0.717, 1.165) is 16.6 Å². The quantitative estimate of drug-likeness (QED) is 0.524. The molecular weight excluding hydrogens is 252 g/mol. The summed E-state index contributed by atoms with van der Waals surface area (Å²) in [5.74, 6) is 0.894. The van der Waals surface area contributed by atoms with Crippen LogP contribution in [0.25, 0.3) is 10.8 Å². The van der Waals surface area contributed by atoms with E-state index in [1.54, 1.807) is 11.8 Å². The Hall–Kier alpha value is -1.87. The van der Waals surface area contributed by atoms with E-state index in [9.17, 15) is 0 Å². The Labute approximate surface area is 116 Å². The molecule has 3 aromatic rings. The maximum absolute atomic E-state index is 4.42. The van der Waals surface area contributed by atoms with Crippen molar-refractivity contribution in [2.45, 2.75) is 17.8 Å². The second-order valence-electron chi connectivity index (χ2n) is 4.41. The van der Waals surface area contributed by atoms with Crippen LogP contribution < -0.4 is 0 Å². The van der Waals surface area contributed by atoms with E-state index in [1.165, 1.54) is 16.3 Å². The minimum Gasteiger partial charge on any atom is -0.231 e. The average molecular weight is 266 g/mol. The summed E-state index contributed by atoms with van der Waals surface area (Å²) in [6.07, 6.45) is 1.81. The zero-order chi connectivity index (χ0) is 13.1. The summed E-state index contributed by atoms with van der Waals surface area (Å²) in [5.41, 5.74) is 2.34. The second-order valence-corrected chi connectivity index (χ2v) is 5.35. The van der Waals surface area contributed by atoms with E-state index < -0.39 is 0 Å². The highest BCUT2D eigenvalue weighted by Gasteiger charge is 2.03. The lowest BCUT2D eigenvalue weighted by Crippen LogP contribution is -1.90. The molecule has 3 heteroatoms. The van der Waals surface area contributed by atoms with Gasteiger partial charge in [0.25, 0.3) is 0 Å². The normalized spacial score (nSPS) is 10.8. The van der Waals surface area contributed by atoms with Crippen molar-refractivity contribution >= 4 is 22.5 Å². The standard InChI is InChI=1S/C16H14N2S/c1-12-9-10-17-16(18-12)19-11-14-7-4-6-13-5-2-3-8-15(13)14/h2-10H,11H2,1H3. The molecule has 0 aliphatic carbocycles. The zero-order valence-corrected chi connectivity index (χ0v) is 11.5. The summed E-state index contributed by atoms with van der Waals surface area (Å²) >= 11 is 1.68. The Bertz CT molecular complexity index is 704. The molecule has 0 radical (unpaired) electrons. The fourth-order valence-corrected chi connectivity index (χ4v) is 2.94. The molecule has 0 spiro atoms. The van der Waals surface area contributed by atoms with Gasteiger partial charge < -0.3 is 0 Å². The molecule has 3 rings (SSSR count). The molecule has 0 fully saturated rings. The molecule has 0 aliphatic rings. The van der Waals surface area contributed by atoms with E-state index in [1.807, 2.05) is 19.2 Å². The molecule has 0 unspecified atom stereocenters. The minimum absolute atomic E-state index is 0.841. The molecule has 2 nitrogen and oxygen atoms in total. The van der Waals surface area contributed by atoms with Gasteiger partial charge in [0.15, 0.2) is 5.16 Å². The smallest absolute Gasteiger partial charge is 0.188 e. The molecule has 0 saturated heterocycles. The van der Waals surface area contributed by atoms with Crippen molar-refractivity contribution in [2.75, 3.05) is 0 Å². The van der Waals surface area contributed by atoms with Crippen molar-refractivity contribution in [3.8, 4) is 0 Å². The van der Waals surface area contributed by atoms with Gasteiger partial charge in [0, 0.05) is 17.6 Å². The highest BCUT2D eigenvalue weighted by molar-refractivity contribution is 7.98. The molecular formula is C16H14N2S. The van der Waals surface area contributed by atoms with Crippen molar-refractivity contribution in [3.05, 3.63) is 66.0 Å². The van der Waals surface area contributed by atoms with Crippen LogP contribution in [0.3, 0.4) is 0 Å². The molecule has 1 heterocycles. The number of aromatic nitrogens is 2. The average Bonchev–Trinajstić information content (AvgIpc) is 2.45. The van der Waals surface area contributed by atoms with Crippen LogP contribution in [-0.2, 0) is 5.75 Å². The number of aryl methyl sites for hydroxylation is 1. The van der Waals surface area contributed by atoms with Crippen molar-refractivity contribution < 1.29 is 0 Å². The SMILES string of the molecule is Cc1ccnc(SCc2cccc3ccccc23)n1. The number of nitrogens with zero attached hydrogens (tertiary/aromatic N) is 2. The zero-order valence-electron chi connectivity index (χ0n) is 10.7. The van der Waals surface area contributed by atoms with Gasteiger partial charge in [-0.05, 0) is 29.3 Å². The van der Waals surface area contributed by atoms with Crippen LogP contribution in [0.2, 0.25) is 0 Å². The van der Waals surface area contributed by atoms with Crippen molar-refractivity contribution in [1.82, 2.24) is 9.97 Å². The Kier molecular flexibility index (Phi) is 3.47. The topological polar surface area (TPSA) is 25.8 Å². The molecule has 0 amide bonds. The highest BCUT2D eigenvalue weighted by Crippen LogP contribution is 2.25. The number of hydrogen-bond acceptors (Lipinski definition) is 3. The number of rotatable bonds is 3. The van der Waals surface area contributed by atoms with Crippen LogP contribution in [0.5, 0.6) is 0 Å². The van der Waals surface area contributed by atoms with Gasteiger partial charge in [-0.2, -0.15) is 0 Å². The number of fused-ring (bicyclic) bond motifs is 1. The van der Waals surface area contributed by atoms with Gasteiger partial charge in [-0.15, -0.1) is 0 Å². The van der Waals surface area contributed by atoms with Crippen LogP contribution in [0.15, 0.2) is 59.9 Å². The van der Waals surface area contributed by atoms with Crippen LogP contribution in [0.1, 0.15) is 11.3 Å². The van der Waals surface area contributed by atoms with Gasteiger partial charge in [-0.25, -0.2) is 9.97 Å². The summed E-state index contributed by atoms with van der Waals surface area (Å²) in [7, 11) is 0. The monoisotopic (exact) mass is 266 g/mol. The molecule has 0 aliphatic heterocycles. The highest BCUT2D eigenvalue weighted by atomic mass is 32.2. The number of thioether (sulfide) groups is 1. The Balaban J connectivity index is 1.86. The lowest BCUT2D eigenvalue weighted by Gasteiger charge is -2.05. The summed E-state index contributed by atoms with van der Waals surface area (Å²) in [6.45, 7) is 1.99. The minimum atomic E-state index is 0.841. The van der Waals surface area contributed by atoms with Gasteiger partial charge in [0.1, 0.15) is 0 Å². The lowest BCUT2D eigenvalue weighted by molar-refractivity contribution is 0.932. The second kappa shape index (κ2) is 5.41. The third kappa shape index (κ3) is 2.76. The first-order valence-corrected chi connectivity index (χ1v) is 7.20. The fraction of sp³-hybridized carbons (Fsp3) is 0.125. The van der Waals surface area contributed by atoms with E-state index in [0.29, 0.717) is 0 Å². The summed E-state index contributed by atoms with van der Waals surface area (Å²) in [4.78, 5) is 8.71. The lowest BCUT2D eigenvalue weighted by atomic mass is 10.1. The predicted molar refractivity (Wildman–Crippen MR) is 80.3 cm³/mol. The first kappa shape index (κ1) is 12.2. The molecule has 0 N–H and O–H groups in total. The van der Waals surface area contributed by atoms with E-state index >= 15 is 0 Å². The van der Waals surface area contributed by atoms with Crippen LogP contribution in [0, 0.1) is 6.92 Å². The number of hydrogen-bond donors (Lipinski definition) is 0. The fourth-order valence-electron chi connectivity index (χ4n) is 2.06. The summed E-state index contributed by atoms with van der Waals surface area (Å²) in [5, 5.41) is 3.43. The van der Waals surface area contributed by atoms with Crippen LogP contribution >= 0.6 is 11.8 Å². The Morgan fingerprint density at radius 3 is 2.74 bits per heavy atom.